The smallest absolute Gasteiger partial charge is 0.175 e. The highest BCUT2D eigenvalue weighted by Crippen LogP contribution is 2.25. The summed E-state index contributed by atoms with van der Waals surface area (Å²) in [5.74, 6) is 0. The number of halogens is 2. The highest BCUT2D eigenvalue weighted by atomic mass is 35.5. The Hall–Kier alpha value is -1.43. The lowest BCUT2D eigenvalue weighted by molar-refractivity contribution is 0.903. The molecule has 0 aliphatic heterocycles. The molecule has 7 heteroatoms. The van der Waals surface area contributed by atoms with Crippen molar-refractivity contribution in [2.75, 3.05) is 11.9 Å². The molecular formula is C13H12Cl2N4S. The molecule has 20 heavy (non-hydrogen) atoms. The first-order valence-corrected chi connectivity index (χ1v) is 6.92. The molecule has 0 unspecified atom stereocenters. The molecule has 0 radical (unpaired) electrons. The fourth-order valence-corrected chi connectivity index (χ4v) is 2.30. The van der Waals surface area contributed by atoms with E-state index in [9.17, 15) is 0 Å². The van der Waals surface area contributed by atoms with Crippen molar-refractivity contribution in [3.63, 3.8) is 0 Å². The van der Waals surface area contributed by atoms with Gasteiger partial charge in [-0.05, 0) is 11.6 Å². The number of rotatable bonds is 4. The molecule has 1 aromatic heterocycles. The molecule has 0 saturated heterocycles. The maximum atomic E-state index is 6.02. The lowest BCUT2D eigenvalue weighted by Crippen LogP contribution is -2.18. The molecule has 1 heterocycles. The van der Waals surface area contributed by atoms with Crippen molar-refractivity contribution < 1.29 is 0 Å². The predicted octanol–water partition coefficient (Wildman–Crippen LogP) is 3.05. The third kappa shape index (κ3) is 3.56. The molecule has 0 atom stereocenters. The number of hydrogen-bond acceptors (Lipinski definition) is 4. The molecule has 2 N–H and O–H groups in total. The minimum atomic E-state index is 0.299. The van der Waals surface area contributed by atoms with Crippen LogP contribution in [0, 0.1) is 0 Å². The second kappa shape index (κ2) is 6.35. The van der Waals surface area contributed by atoms with Crippen LogP contribution >= 0.6 is 35.4 Å². The van der Waals surface area contributed by atoms with Crippen molar-refractivity contribution >= 4 is 46.1 Å². The minimum absolute atomic E-state index is 0.299. The molecule has 2 aromatic rings. The summed E-state index contributed by atoms with van der Waals surface area (Å²) >= 11 is 16.8. The van der Waals surface area contributed by atoms with Gasteiger partial charge >= 0.3 is 0 Å². The van der Waals surface area contributed by atoms with Crippen molar-refractivity contribution in [3.05, 3.63) is 51.8 Å². The SMILES string of the molecule is CN(Cc1cccc(C(N)=S)c1)c1cc(Cl)nnc1Cl. The first-order valence-electron chi connectivity index (χ1n) is 5.76. The fourth-order valence-electron chi connectivity index (χ4n) is 1.79. The van der Waals surface area contributed by atoms with Gasteiger partial charge in [0.15, 0.2) is 10.3 Å². The Kier molecular flexibility index (Phi) is 4.75. The molecular weight excluding hydrogens is 315 g/mol. The molecule has 4 nitrogen and oxygen atoms in total. The van der Waals surface area contributed by atoms with E-state index in [0.29, 0.717) is 27.5 Å². The Morgan fingerprint density at radius 2 is 2.05 bits per heavy atom. The highest BCUT2D eigenvalue weighted by Gasteiger charge is 2.10. The number of anilines is 1. The Balaban J connectivity index is 2.23. The van der Waals surface area contributed by atoms with Crippen molar-refractivity contribution in [1.29, 1.82) is 0 Å². The van der Waals surface area contributed by atoms with Gasteiger partial charge in [0, 0.05) is 25.2 Å². The van der Waals surface area contributed by atoms with E-state index in [2.05, 4.69) is 10.2 Å². The number of nitrogens with two attached hydrogens (primary N) is 1. The topological polar surface area (TPSA) is 55.0 Å². The lowest BCUT2D eigenvalue weighted by atomic mass is 10.1. The summed E-state index contributed by atoms with van der Waals surface area (Å²) in [6, 6.07) is 9.40. The summed E-state index contributed by atoms with van der Waals surface area (Å²) in [5, 5.41) is 8.08. The summed E-state index contributed by atoms with van der Waals surface area (Å²) in [6.45, 7) is 0.623. The van der Waals surface area contributed by atoms with Gasteiger partial charge in [0.1, 0.15) is 4.99 Å². The van der Waals surface area contributed by atoms with Crippen LogP contribution in [0.3, 0.4) is 0 Å². The van der Waals surface area contributed by atoms with Gasteiger partial charge in [-0.1, -0.05) is 53.6 Å². The zero-order valence-electron chi connectivity index (χ0n) is 10.7. The average molecular weight is 327 g/mol. The summed E-state index contributed by atoms with van der Waals surface area (Å²) in [6.07, 6.45) is 0. The second-order valence-corrected chi connectivity index (χ2v) is 5.45. The summed E-state index contributed by atoms with van der Waals surface area (Å²) in [4.78, 5) is 2.31. The van der Waals surface area contributed by atoms with Crippen LogP contribution in [0.15, 0.2) is 30.3 Å². The van der Waals surface area contributed by atoms with E-state index in [0.717, 1.165) is 11.1 Å². The van der Waals surface area contributed by atoms with Crippen LogP contribution in [-0.4, -0.2) is 22.2 Å². The van der Waals surface area contributed by atoms with E-state index in [4.69, 9.17) is 41.2 Å². The Morgan fingerprint density at radius 3 is 2.75 bits per heavy atom. The van der Waals surface area contributed by atoms with E-state index in [1.807, 2.05) is 36.2 Å². The van der Waals surface area contributed by atoms with E-state index >= 15 is 0 Å². The van der Waals surface area contributed by atoms with Crippen LogP contribution in [-0.2, 0) is 6.54 Å². The van der Waals surface area contributed by atoms with Crippen LogP contribution in [0.4, 0.5) is 5.69 Å². The molecule has 0 amide bonds. The third-order valence-electron chi connectivity index (χ3n) is 2.74. The van der Waals surface area contributed by atoms with Gasteiger partial charge in [0.25, 0.3) is 0 Å². The van der Waals surface area contributed by atoms with Gasteiger partial charge in [-0.3, -0.25) is 0 Å². The molecule has 0 spiro atoms. The highest BCUT2D eigenvalue weighted by molar-refractivity contribution is 7.80. The standard InChI is InChI=1S/C13H12Cl2N4S/c1-19(10-6-11(14)17-18-12(10)15)7-8-3-2-4-9(5-8)13(16)20/h2-6H,7H2,1H3,(H2,16,20). The molecule has 0 saturated carbocycles. The average Bonchev–Trinajstić information content (AvgIpc) is 2.41. The molecule has 104 valence electrons. The van der Waals surface area contributed by atoms with Crippen molar-refractivity contribution in [2.24, 2.45) is 5.73 Å². The maximum absolute atomic E-state index is 6.02. The first kappa shape index (κ1) is 15.0. The number of nitrogens with zero attached hydrogens (tertiary/aromatic N) is 3. The zero-order valence-corrected chi connectivity index (χ0v) is 13.0. The van der Waals surface area contributed by atoms with Gasteiger partial charge in [0.2, 0.25) is 0 Å². The van der Waals surface area contributed by atoms with Crippen LogP contribution in [0.25, 0.3) is 0 Å². The second-order valence-electron chi connectivity index (χ2n) is 4.26. The van der Waals surface area contributed by atoms with E-state index in [-0.39, 0.29) is 0 Å². The fraction of sp³-hybridized carbons (Fsp3) is 0.154. The van der Waals surface area contributed by atoms with Crippen molar-refractivity contribution in [1.82, 2.24) is 10.2 Å². The molecule has 0 fully saturated rings. The van der Waals surface area contributed by atoms with Crippen molar-refractivity contribution in [2.45, 2.75) is 6.54 Å². The number of hydrogen-bond donors (Lipinski definition) is 1. The van der Waals surface area contributed by atoms with Crippen LogP contribution in [0.1, 0.15) is 11.1 Å². The predicted molar refractivity (Wildman–Crippen MR) is 86.5 cm³/mol. The monoisotopic (exact) mass is 326 g/mol. The lowest BCUT2D eigenvalue weighted by Gasteiger charge is -2.20. The Bertz CT molecular complexity index is 648. The molecule has 2 rings (SSSR count). The minimum Gasteiger partial charge on any atom is -0.389 e. The summed E-state index contributed by atoms with van der Waals surface area (Å²) in [7, 11) is 1.90. The van der Waals surface area contributed by atoms with Gasteiger partial charge in [-0.2, -0.15) is 0 Å². The van der Waals surface area contributed by atoms with Crippen molar-refractivity contribution in [3.8, 4) is 0 Å². The van der Waals surface area contributed by atoms with Crippen LogP contribution in [0.5, 0.6) is 0 Å². The van der Waals surface area contributed by atoms with Gasteiger partial charge in [-0.15, -0.1) is 10.2 Å². The quantitative estimate of drug-likeness (QED) is 0.875. The summed E-state index contributed by atoms with van der Waals surface area (Å²) < 4.78 is 0. The number of aromatic nitrogens is 2. The van der Waals surface area contributed by atoms with E-state index in [1.165, 1.54) is 0 Å². The molecule has 0 aliphatic carbocycles. The van der Waals surface area contributed by atoms with Gasteiger partial charge in [0.05, 0.1) is 5.69 Å². The Labute approximate surface area is 132 Å². The van der Waals surface area contributed by atoms with E-state index in [1.54, 1.807) is 6.07 Å². The normalized spacial score (nSPS) is 10.3. The number of thiocarbonyl (C=S) groups is 1. The Morgan fingerprint density at radius 1 is 1.30 bits per heavy atom. The van der Waals surface area contributed by atoms with Gasteiger partial charge < -0.3 is 10.6 Å². The van der Waals surface area contributed by atoms with E-state index < -0.39 is 0 Å². The summed E-state index contributed by atoms with van der Waals surface area (Å²) in [5.41, 5.74) is 8.24. The molecule has 1 aromatic carbocycles. The number of benzene rings is 1. The largest absolute Gasteiger partial charge is 0.389 e. The zero-order chi connectivity index (χ0) is 14.7. The first-order chi connectivity index (χ1) is 9.47. The molecule has 0 aliphatic rings. The van der Waals surface area contributed by atoms with Crippen LogP contribution < -0.4 is 10.6 Å². The maximum Gasteiger partial charge on any atom is 0.175 e. The molecule has 0 bridgehead atoms. The van der Waals surface area contributed by atoms with Crippen LogP contribution in [0.2, 0.25) is 10.3 Å². The van der Waals surface area contributed by atoms with Gasteiger partial charge in [-0.25, -0.2) is 0 Å². The third-order valence-corrected chi connectivity index (χ3v) is 3.43.